The van der Waals surface area contributed by atoms with E-state index in [0.717, 1.165) is 11.3 Å². The molecule has 0 saturated carbocycles. The van der Waals surface area contributed by atoms with Crippen molar-refractivity contribution in [3.63, 3.8) is 0 Å². The molecule has 0 atom stereocenters. The minimum absolute atomic E-state index is 0.0656. The van der Waals surface area contributed by atoms with Crippen LogP contribution in [0.25, 0.3) is 11.4 Å². The van der Waals surface area contributed by atoms with Gasteiger partial charge < -0.3 is 14.8 Å². The molecule has 1 heterocycles. The van der Waals surface area contributed by atoms with Crippen LogP contribution in [-0.4, -0.2) is 51.3 Å². The molecule has 39 heavy (non-hydrogen) atoms. The number of esters is 2. The minimum Gasteiger partial charge on any atom is -0.497 e. The van der Waals surface area contributed by atoms with E-state index in [0.29, 0.717) is 29.1 Å². The van der Waals surface area contributed by atoms with Gasteiger partial charge in [0.15, 0.2) is 0 Å². The lowest BCUT2D eigenvalue weighted by Crippen LogP contribution is -2.28. The van der Waals surface area contributed by atoms with Crippen LogP contribution in [0.2, 0.25) is 0 Å². The Morgan fingerprint density at radius 3 is 2.28 bits per heavy atom. The van der Waals surface area contributed by atoms with Crippen LogP contribution < -0.4 is 10.1 Å². The largest absolute Gasteiger partial charge is 0.497 e. The van der Waals surface area contributed by atoms with Crippen LogP contribution in [0.15, 0.2) is 72.8 Å². The van der Waals surface area contributed by atoms with E-state index in [1.54, 1.807) is 31.4 Å². The number of benzene rings is 3. The number of halogens is 3. The van der Waals surface area contributed by atoms with Crippen LogP contribution in [0.1, 0.15) is 31.8 Å². The molecule has 4 aromatic rings. The van der Waals surface area contributed by atoms with E-state index in [-0.39, 0.29) is 12.1 Å². The first kappa shape index (κ1) is 27.0. The molecule has 1 amide bonds. The van der Waals surface area contributed by atoms with Crippen LogP contribution in [0.5, 0.6) is 5.75 Å². The van der Waals surface area contributed by atoms with Gasteiger partial charge in [-0.2, -0.15) is 18.0 Å². The van der Waals surface area contributed by atoms with E-state index in [9.17, 15) is 27.6 Å². The van der Waals surface area contributed by atoms with E-state index in [4.69, 9.17) is 4.74 Å². The van der Waals surface area contributed by atoms with Crippen molar-refractivity contribution in [1.29, 1.82) is 0 Å². The highest BCUT2D eigenvalue weighted by Gasteiger charge is 2.42. The zero-order valence-corrected chi connectivity index (χ0v) is 20.3. The minimum atomic E-state index is -5.28. The topological polar surface area (TPSA) is 125 Å². The molecule has 0 saturated heterocycles. The van der Waals surface area contributed by atoms with Gasteiger partial charge in [-0.25, -0.2) is 9.59 Å². The number of tetrazole rings is 1. The number of alkyl halides is 3. The summed E-state index contributed by atoms with van der Waals surface area (Å²) in [6, 6.07) is 19.3. The fourth-order valence-electron chi connectivity index (χ4n) is 3.36. The van der Waals surface area contributed by atoms with Crippen LogP contribution >= 0.6 is 0 Å². The molecule has 4 rings (SSSR count). The second-order valence-electron chi connectivity index (χ2n) is 8.13. The molecule has 0 spiro atoms. The number of nitrogens with zero attached hydrogens (tertiary/aromatic N) is 4. The molecule has 0 aliphatic rings. The summed E-state index contributed by atoms with van der Waals surface area (Å²) in [6.45, 7) is 0.461. The fourth-order valence-corrected chi connectivity index (χ4v) is 3.36. The molecule has 13 heteroatoms. The number of aromatic nitrogens is 4. The van der Waals surface area contributed by atoms with Gasteiger partial charge in [0, 0.05) is 17.7 Å². The van der Waals surface area contributed by atoms with Gasteiger partial charge in [-0.15, -0.1) is 10.2 Å². The Bertz CT molecular complexity index is 1490. The highest BCUT2D eigenvalue weighted by Crippen LogP contribution is 2.19. The second kappa shape index (κ2) is 11.5. The van der Waals surface area contributed by atoms with Crippen LogP contribution in [0.4, 0.5) is 13.2 Å². The van der Waals surface area contributed by atoms with Crippen molar-refractivity contribution in [3.8, 4) is 17.1 Å². The number of nitrogens with one attached hydrogen (secondary N) is 1. The third-order valence-corrected chi connectivity index (χ3v) is 5.38. The summed E-state index contributed by atoms with van der Waals surface area (Å²) in [4.78, 5) is 36.6. The molecule has 10 nitrogen and oxygen atoms in total. The highest BCUT2D eigenvalue weighted by molar-refractivity contribution is 5.98. The molecular formula is C26H20F3N5O5. The molecule has 0 aliphatic heterocycles. The Morgan fingerprint density at radius 2 is 1.62 bits per heavy atom. The van der Waals surface area contributed by atoms with Gasteiger partial charge >= 0.3 is 18.1 Å². The van der Waals surface area contributed by atoms with E-state index in [2.05, 4.69) is 25.5 Å². The lowest BCUT2D eigenvalue weighted by atomic mass is 10.1. The Labute approximate surface area is 219 Å². The summed E-state index contributed by atoms with van der Waals surface area (Å²) in [6.07, 6.45) is -5.28. The standard InChI is InChI=1S/C26H20F3N5O5/c1-38-21-11-7-17(8-12-21)15-34-32-22(31-33-34)19-3-2-4-20(13-19)23(35)30-14-16-5-9-18(10-6-16)24(36)39-25(37)26(27,28)29/h2-13H,14-15H2,1H3,(H,30,35). The maximum absolute atomic E-state index is 12.7. The Hall–Kier alpha value is -5.07. The summed E-state index contributed by atoms with van der Waals surface area (Å²) < 4.78 is 45.7. The van der Waals surface area contributed by atoms with Crippen LogP contribution in [0, 0.1) is 0 Å². The number of ether oxygens (including phenoxy) is 2. The van der Waals surface area contributed by atoms with E-state index < -0.39 is 24.0 Å². The van der Waals surface area contributed by atoms with Crippen molar-refractivity contribution < 1.29 is 37.0 Å². The molecular weight excluding hydrogens is 519 g/mol. The van der Waals surface area contributed by atoms with Gasteiger partial charge in [0.05, 0.1) is 19.2 Å². The number of amides is 1. The van der Waals surface area contributed by atoms with Crippen molar-refractivity contribution in [1.82, 2.24) is 25.5 Å². The molecule has 3 aromatic carbocycles. The maximum Gasteiger partial charge on any atom is 0.491 e. The Balaban J connectivity index is 1.34. The van der Waals surface area contributed by atoms with Crippen molar-refractivity contribution in [2.24, 2.45) is 0 Å². The number of hydrogen-bond donors (Lipinski definition) is 1. The third-order valence-electron chi connectivity index (χ3n) is 5.38. The van der Waals surface area contributed by atoms with Gasteiger partial charge in [0.2, 0.25) is 5.82 Å². The van der Waals surface area contributed by atoms with Crippen molar-refractivity contribution in [2.75, 3.05) is 7.11 Å². The molecule has 200 valence electrons. The predicted molar refractivity (Wildman–Crippen MR) is 129 cm³/mol. The smallest absolute Gasteiger partial charge is 0.491 e. The lowest BCUT2D eigenvalue weighted by Gasteiger charge is -2.08. The van der Waals surface area contributed by atoms with E-state index >= 15 is 0 Å². The average Bonchev–Trinajstić information content (AvgIpc) is 3.40. The first-order valence-corrected chi connectivity index (χ1v) is 11.3. The summed E-state index contributed by atoms with van der Waals surface area (Å²) in [5, 5.41) is 15.2. The van der Waals surface area contributed by atoms with Gasteiger partial charge in [0.1, 0.15) is 5.75 Å². The Morgan fingerprint density at radius 1 is 0.923 bits per heavy atom. The van der Waals surface area contributed by atoms with E-state index in [1.807, 2.05) is 24.3 Å². The van der Waals surface area contributed by atoms with Gasteiger partial charge in [0.25, 0.3) is 5.91 Å². The molecule has 0 unspecified atom stereocenters. The molecule has 1 N–H and O–H groups in total. The first-order valence-electron chi connectivity index (χ1n) is 11.3. The van der Waals surface area contributed by atoms with Crippen LogP contribution in [0.3, 0.4) is 0 Å². The number of hydrogen-bond acceptors (Lipinski definition) is 8. The van der Waals surface area contributed by atoms with Crippen LogP contribution in [-0.2, 0) is 22.6 Å². The molecule has 0 radical (unpaired) electrons. The summed E-state index contributed by atoms with van der Waals surface area (Å²) in [7, 11) is 1.59. The SMILES string of the molecule is COc1ccc(Cn2nnc(-c3cccc(C(=O)NCc4ccc(C(=O)OC(=O)C(F)(F)F)cc4)c3)n2)cc1. The zero-order chi connectivity index (χ0) is 28.0. The highest BCUT2D eigenvalue weighted by atomic mass is 19.4. The number of methoxy groups -OCH3 is 1. The quantitative estimate of drug-likeness (QED) is 0.266. The lowest BCUT2D eigenvalue weighted by molar-refractivity contribution is -0.193. The molecule has 1 aromatic heterocycles. The first-order chi connectivity index (χ1) is 18.6. The number of rotatable bonds is 8. The van der Waals surface area contributed by atoms with Crippen molar-refractivity contribution in [3.05, 3.63) is 95.1 Å². The fraction of sp³-hybridized carbons (Fsp3) is 0.154. The monoisotopic (exact) mass is 539 g/mol. The third kappa shape index (κ3) is 7.03. The van der Waals surface area contributed by atoms with Gasteiger partial charge in [-0.05, 0) is 52.7 Å². The zero-order valence-electron chi connectivity index (χ0n) is 20.3. The number of carbonyl (C=O) groups is 3. The van der Waals surface area contributed by atoms with Crippen molar-refractivity contribution >= 4 is 17.8 Å². The van der Waals surface area contributed by atoms with Gasteiger partial charge in [-0.3, -0.25) is 4.79 Å². The summed E-state index contributed by atoms with van der Waals surface area (Å²) in [5.41, 5.74) is 2.18. The van der Waals surface area contributed by atoms with Crippen molar-refractivity contribution in [2.45, 2.75) is 19.3 Å². The molecule has 0 bridgehead atoms. The maximum atomic E-state index is 12.7. The molecule has 0 fully saturated rings. The summed E-state index contributed by atoms with van der Waals surface area (Å²) in [5.74, 6) is -3.35. The van der Waals surface area contributed by atoms with E-state index in [1.165, 1.54) is 29.1 Å². The second-order valence-corrected chi connectivity index (χ2v) is 8.13. The number of carbonyl (C=O) groups excluding carboxylic acids is 3. The molecule has 0 aliphatic carbocycles. The van der Waals surface area contributed by atoms with Gasteiger partial charge in [-0.1, -0.05) is 36.4 Å². The Kier molecular flexibility index (Phi) is 7.98. The summed E-state index contributed by atoms with van der Waals surface area (Å²) >= 11 is 0. The average molecular weight is 539 g/mol. The predicted octanol–water partition coefficient (Wildman–Crippen LogP) is 3.57. The normalized spacial score (nSPS) is 11.1.